The van der Waals surface area contributed by atoms with E-state index >= 15 is 0 Å². The van der Waals surface area contributed by atoms with Crippen LogP contribution < -0.4 is 0 Å². The Morgan fingerprint density at radius 1 is 0.657 bits per heavy atom. The highest BCUT2D eigenvalue weighted by molar-refractivity contribution is 5.84. The molecule has 0 nitrogen and oxygen atoms in total. The molecule has 0 aliphatic carbocycles. The molecule has 0 unspecified atom stereocenters. The van der Waals surface area contributed by atoms with E-state index in [-0.39, 0.29) is 22.5 Å². The van der Waals surface area contributed by atoms with E-state index in [1.807, 2.05) is 19.1 Å². The second kappa shape index (κ2) is 10.8. The number of allylic oxidation sites excluding steroid dienone is 2. The molecule has 4 aromatic rings. The third kappa shape index (κ3) is 5.99. The number of hydrogen-bond donors (Lipinski definition) is 0. The molecule has 0 atom stereocenters. The van der Waals surface area contributed by atoms with E-state index in [2.05, 4.69) is 23.7 Å². The quantitative estimate of drug-likeness (QED) is 0.164. The molecule has 4 aromatic carbocycles. The Hall–Kier alpha value is -4.28. The molecule has 35 heavy (non-hydrogen) atoms. The Bertz CT molecular complexity index is 1530. The molecule has 0 heterocycles. The van der Waals surface area contributed by atoms with Crippen molar-refractivity contribution in [2.75, 3.05) is 0 Å². The molecule has 0 saturated heterocycles. The van der Waals surface area contributed by atoms with Gasteiger partial charge in [0.15, 0.2) is 0 Å². The molecule has 4 rings (SSSR count). The topological polar surface area (TPSA) is 0 Å². The molecular weight excluding hydrogens is 448 g/mol. The van der Waals surface area contributed by atoms with Crippen LogP contribution in [0.5, 0.6) is 0 Å². The lowest BCUT2D eigenvalue weighted by molar-refractivity contribution is 0.574. The lowest BCUT2D eigenvalue weighted by atomic mass is 10.0. The molecule has 0 aromatic heterocycles. The molecule has 0 spiro atoms. The van der Waals surface area contributed by atoms with Gasteiger partial charge in [-0.2, -0.15) is 0 Å². The van der Waals surface area contributed by atoms with Crippen molar-refractivity contribution in [1.29, 1.82) is 0 Å². The average Bonchev–Trinajstić information content (AvgIpc) is 2.83. The van der Waals surface area contributed by atoms with Gasteiger partial charge in [-0.05, 0) is 90.7 Å². The first-order valence-electron chi connectivity index (χ1n) is 11.0. The second-order valence-corrected chi connectivity index (χ2v) is 7.94. The van der Waals surface area contributed by atoms with Crippen LogP contribution in [0.2, 0.25) is 0 Å². The largest absolute Gasteiger partial charge is 0.207 e. The zero-order valence-corrected chi connectivity index (χ0v) is 18.9. The van der Waals surface area contributed by atoms with E-state index in [0.29, 0.717) is 24.0 Å². The Labute approximate surface area is 201 Å². The van der Waals surface area contributed by atoms with Crippen molar-refractivity contribution in [3.8, 4) is 23.7 Å². The van der Waals surface area contributed by atoms with Crippen LogP contribution in [0, 0.1) is 47.0 Å². The summed E-state index contributed by atoms with van der Waals surface area (Å²) >= 11 is 0. The van der Waals surface area contributed by atoms with Gasteiger partial charge in [0.25, 0.3) is 0 Å². The Kier molecular flexibility index (Phi) is 7.34. The third-order valence-electron chi connectivity index (χ3n) is 5.38. The monoisotopic (exact) mass is 468 g/mol. The van der Waals surface area contributed by atoms with Crippen molar-refractivity contribution in [3.63, 3.8) is 0 Å². The number of halogens is 4. The maximum Gasteiger partial charge on any atom is 0.142 e. The Morgan fingerprint density at radius 3 is 2.06 bits per heavy atom. The van der Waals surface area contributed by atoms with Crippen molar-refractivity contribution in [2.24, 2.45) is 0 Å². The van der Waals surface area contributed by atoms with Crippen LogP contribution in [0.3, 0.4) is 0 Å². The van der Waals surface area contributed by atoms with Gasteiger partial charge in [-0.25, -0.2) is 17.6 Å². The molecular formula is C31H20F4. The summed E-state index contributed by atoms with van der Waals surface area (Å²) in [6.07, 6.45) is 5.03. The lowest BCUT2D eigenvalue weighted by Crippen LogP contribution is -1.95. The normalized spacial score (nSPS) is 10.7. The summed E-state index contributed by atoms with van der Waals surface area (Å²) in [7, 11) is 0. The van der Waals surface area contributed by atoms with Crippen LogP contribution in [0.25, 0.3) is 10.8 Å². The van der Waals surface area contributed by atoms with Crippen LogP contribution in [-0.4, -0.2) is 0 Å². The van der Waals surface area contributed by atoms with Gasteiger partial charge < -0.3 is 0 Å². The van der Waals surface area contributed by atoms with Crippen molar-refractivity contribution >= 4 is 10.8 Å². The van der Waals surface area contributed by atoms with E-state index in [1.54, 1.807) is 30.3 Å². The first-order valence-corrected chi connectivity index (χ1v) is 11.0. The second-order valence-electron chi connectivity index (χ2n) is 7.94. The highest BCUT2D eigenvalue weighted by atomic mass is 19.1. The van der Waals surface area contributed by atoms with Crippen LogP contribution in [0.15, 0.2) is 78.9 Å². The summed E-state index contributed by atoms with van der Waals surface area (Å²) in [6.45, 7) is 1.89. The first kappa shape index (κ1) is 23.9. The maximum absolute atomic E-state index is 14.6. The van der Waals surface area contributed by atoms with Crippen molar-refractivity contribution in [3.05, 3.63) is 130 Å². The van der Waals surface area contributed by atoms with Crippen molar-refractivity contribution in [1.82, 2.24) is 0 Å². The minimum absolute atomic E-state index is 0.164. The highest BCUT2D eigenvalue weighted by Crippen LogP contribution is 2.18. The van der Waals surface area contributed by atoms with E-state index in [1.165, 1.54) is 36.4 Å². The van der Waals surface area contributed by atoms with Crippen LogP contribution >= 0.6 is 0 Å². The van der Waals surface area contributed by atoms with Crippen molar-refractivity contribution < 1.29 is 17.6 Å². The minimum Gasteiger partial charge on any atom is -0.207 e. The molecule has 0 saturated carbocycles. The van der Waals surface area contributed by atoms with E-state index in [9.17, 15) is 17.6 Å². The van der Waals surface area contributed by atoms with E-state index < -0.39 is 17.5 Å². The standard InChI is InChI=1S/C31H20F4/c1-2-3-4-5-23-18-30(34)28(31(35)19-23)15-9-22-7-11-24(29(33)17-22)10-6-21-8-12-26-20-27(32)14-13-25(26)16-21/h2-3,7-8,11-14,16-20H,4-5H2,1H3/b3-2+. The van der Waals surface area contributed by atoms with Gasteiger partial charge in [-0.3, -0.25) is 0 Å². The fraction of sp³-hybridized carbons (Fsp3) is 0.0968. The highest BCUT2D eigenvalue weighted by Gasteiger charge is 2.09. The molecule has 0 aliphatic rings. The smallest absolute Gasteiger partial charge is 0.142 e. The number of rotatable bonds is 3. The first-order chi connectivity index (χ1) is 16.9. The zero-order chi connectivity index (χ0) is 24.8. The summed E-state index contributed by atoms with van der Waals surface area (Å²) in [4.78, 5) is 0. The summed E-state index contributed by atoms with van der Waals surface area (Å²) in [5, 5.41) is 1.58. The Morgan fingerprint density at radius 2 is 1.31 bits per heavy atom. The number of fused-ring (bicyclic) bond motifs is 1. The molecule has 0 fully saturated rings. The molecule has 172 valence electrons. The molecule has 4 heteroatoms. The van der Waals surface area contributed by atoms with Crippen LogP contribution in [0.1, 0.15) is 41.2 Å². The maximum atomic E-state index is 14.6. The number of hydrogen-bond acceptors (Lipinski definition) is 0. The van der Waals surface area contributed by atoms with E-state index in [0.717, 1.165) is 10.8 Å². The van der Waals surface area contributed by atoms with Gasteiger partial charge in [0.1, 0.15) is 23.3 Å². The van der Waals surface area contributed by atoms with Gasteiger partial charge in [0.2, 0.25) is 0 Å². The molecule has 0 bridgehead atoms. The molecule has 0 N–H and O–H groups in total. The number of benzene rings is 4. The van der Waals surface area contributed by atoms with Gasteiger partial charge >= 0.3 is 0 Å². The van der Waals surface area contributed by atoms with Gasteiger partial charge in [0, 0.05) is 11.1 Å². The zero-order valence-electron chi connectivity index (χ0n) is 18.9. The molecule has 0 amide bonds. The summed E-state index contributed by atoms with van der Waals surface area (Å²) in [5.41, 5.74) is 1.30. The van der Waals surface area contributed by atoms with Gasteiger partial charge in [-0.1, -0.05) is 48.0 Å². The SMILES string of the molecule is C/C=C/CCc1cc(F)c(C#Cc2ccc(C#Cc3ccc4cc(F)ccc4c3)c(F)c2)c(F)c1. The predicted molar refractivity (Wildman–Crippen MR) is 132 cm³/mol. The fourth-order valence-electron chi connectivity index (χ4n) is 3.57. The minimum atomic E-state index is -0.742. The van der Waals surface area contributed by atoms with Crippen LogP contribution in [0.4, 0.5) is 17.6 Å². The number of aryl methyl sites for hydroxylation is 1. The van der Waals surface area contributed by atoms with Gasteiger partial charge in [-0.15, -0.1) is 0 Å². The van der Waals surface area contributed by atoms with Crippen LogP contribution in [-0.2, 0) is 6.42 Å². The summed E-state index contributed by atoms with van der Waals surface area (Å²) in [5.74, 6) is 8.39. The average molecular weight is 468 g/mol. The summed E-state index contributed by atoms with van der Waals surface area (Å²) in [6, 6.07) is 16.5. The third-order valence-corrected chi connectivity index (χ3v) is 5.38. The molecule has 0 radical (unpaired) electrons. The predicted octanol–water partition coefficient (Wildman–Crippen LogP) is 7.70. The Balaban J connectivity index is 1.53. The lowest BCUT2D eigenvalue weighted by Gasteiger charge is -2.03. The molecule has 0 aliphatic heterocycles. The van der Waals surface area contributed by atoms with E-state index in [4.69, 9.17) is 0 Å². The fourth-order valence-corrected chi connectivity index (χ4v) is 3.57. The van der Waals surface area contributed by atoms with Crippen molar-refractivity contribution in [2.45, 2.75) is 19.8 Å². The van der Waals surface area contributed by atoms with Gasteiger partial charge in [0.05, 0.1) is 11.1 Å². The summed E-state index contributed by atoms with van der Waals surface area (Å²) < 4.78 is 56.6.